The van der Waals surface area contributed by atoms with E-state index in [1.54, 1.807) is 6.20 Å². The lowest BCUT2D eigenvalue weighted by Crippen LogP contribution is -2.54. The van der Waals surface area contributed by atoms with Crippen LogP contribution in [-0.4, -0.2) is 30.7 Å². The van der Waals surface area contributed by atoms with Gasteiger partial charge in [0.2, 0.25) is 0 Å². The van der Waals surface area contributed by atoms with E-state index in [0.717, 1.165) is 22.4 Å². The Morgan fingerprint density at radius 2 is 1.29 bits per heavy atom. The van der Waals surface area contributed by atoms with Gasteiger partial charge in [0.05, 0.1) is 31.6 Å². The molecule has 0 radical (unpaired) electrons. The fourth-order valence-corrected chi connectivity index (χ4v) is 4.15. The van der Waals surface area contributed by atoms with Crippen LogP contribution in [0.3, 0.4) is 0 Å². The third-order valence-corrected chi connectivity index (χ3v) is 5.76. The zero-order valence-corrected chi connectivity index (χ0v) is 19.1. The molecule has 0 saturated heterocycles. The predicted octanol–water partition coefficient (Wildman–Crippen LogP) is 4.72. The normalized spacial score (nSPS) is 12.1. The molecule has 5 heteroatoms. The highest BCUT2D eigenvalue weighted by Gasteiger charge is 2.40. The van der Waals surface area contributed by atoms with E-state index in [2.05, 4.69) is 46.7 Å². The quantitative estimate of drug-likeness (QED) is 0.279. The Labute approximate surface area is 200 Å². The molecule has 0 spiro atoms. The molecular formula is C29H28N2O3. The van der Waals surface area contributed by atoms with E-state index in [4.69, 9.17) is 9.47 Å². The van der Waals surface area contributed by atoms with Crippen LogP contribution >= 0.6 is 0 Å². The van der Waals surface area contributed by atoms with Gasteiger partial charge >= 0.3 is 5.97 Å². The van der Waals surface area contributed by atoms with Gasteiger partial charge in [-0.05, 0) is 28.8 Å². The average Bonchev–Trinajstić information content (AvgIpc) is 2.92. The Bertz CT molecular complexity index is 1060. The number of ether oxygens (including phenoxy) is 2. The molecule has 1 atom stereocenters. The largest absolute Gasteiger partial charge is 0.468 e. The molecule has 1 aromatic heterocycles. The summed E-state index contributed by atoms with van der Waals surface area (Å²) in [6, 6.07) is 35.3. The molecule has 0 aliphatic carbocycles. The van der Waals surface area contributed by atoms with Crippen molar-refractivity contribution in [3.8, 4) is 0 Å². The van der Waals surface area contributed by atoms with Gasteiger partial charge in [-0.1, -0.05) is 97.1 Å². The van der Waals surface area contributed by atoms with Gasteiger partial charge in [0.25, 0.3) is 0 Å². The van der Waals surface area contributed by atoms with Crippen LogP contribution in [0.2, 0.25) is 0 Å². The van der Waals surface area contributed by atoms with Crippen LogP contribution in [0.15, 0.2) is 115 Å². The molecule has 1 heterocycles. The van der Waals surface area contributed by atoms with Crippen LogP contribution in [0, 0.1) is 0 Å². The van der Waals surface area contributed by atoms with Gasteiger partial charge < -0.3 is 9.47 Å². The first-order valence-electron chi connectivity index (χ1n) is 11.2. The molecule has 4 aromatic rings. The molecule has 5 nitrogen and oxygen atoms in total. The van der Waals surface area contributed by atoms with Gasteiger partial charge in [-0.2, -0.15) is 0 Å². The average molecular weight is 453 g/mol. The highest BCUT2D eigenvalue weighted by atomic mass is 16.5. The van der Waals surface area contributed by atoms with Gasteiger partial charge in [-0.3, -0.25) is 15.1 Å². The van der Waals surface area contributed by atoms with Crippen molar-refractivity contribution in [1.82, 2.24) is 10.3 Å². The fourth-order valence-electron chi connectivity index (χ4n) is 4.15. The van der Waals surface area contributed by atoms with Gasteiger partial charge in [0.1, 0.15) is 6.04 Å². The van der Waals surface area contributed by atoms with Crippen molar-refractivity contribution >= 4 is 5.97 Å². The summed E-state index contributed by atoms with van der Waals surface area (Å²) in [5.74, 6) is -0.395. The van der Waals surface area contributed by atoms with Crippen molar-refractivity contribution in [2.75, 3.05) is 13.7 Å². The zero-order chi connectivity index (χ0) is 23.6. The number of hydrogen-bond acceptors (Lipinski definition) is 5. The van der Waals surface area contributed by atoms with Crippen LogP contribution < -0.4 is 5.32 Å². The smallest absolute Gasteiger partial charge is 0.325 e. The predicted molar refractivity (Wildman–Crippen MR) is 132 cm³/mol. The first-order valence-corrected chi connectivity index (χ1v) is 11.2. The summed E-state index contributed by atoms with van der Waals surface area (Å²) >= 11 is 0. The standard InChI is InChI=1S/C29H28N2O3/c1-33-28(32)27(22-34-21-26-19-11-12-20-30-26)31-29(23-13-5-2-6-14-23,24-15-7-3-8-16-24)25-17-9-4-10-18-25/h2-20,27,31H,21-22H2,1H3. The number of methoxy groups -OCH3 is 1. The van der Waals surface area contributed by atoms with Crippen molar-refractivity contribution in [2.45, 2.75) is 18.2 Å². The number of hydrogen-bond donors (Lipinski definition) is 1. The number of nitrogens with one attached hydrogen (secondary N) is 1. The number of aromatic nitrogens is 1. The number of benzene rings is 3. The zero-order valence-electron chi connectivity index (χ0n) is 19.1. The first-order chi connectivity index (χ1) is 16.7. The van der Waals surface area contributed by atoms with Gasteiger partial charge in [-0.15, -0.1) is 0 Å². The Balaban J connectivity index is 1.76. The summed E-state index contributed by atoms with van der Waals surface area (Å²) in [4.78, 5) is 17.2. The molecule has 0 fully saturated rings. The third-order valence-electron chi connectivity index (χ3n) is 5.76. The summed E-state index contributed by atoms with van der Waals surface area (Å²) in [5.41, 5.74) is 3.01. The van der Waals surface area contributed by atoms with E-state index >= 15 is 0 Å². The molecule has 34 heavy (non-hydrogen) atoms. The SMILES string of the molecule is COC(=O)C(COCc1ccccn1)NC(c1ccccc1)(c1ccccc1)c1ccccc1. The van der Waals surface area contributed by atoms with E-state index in [1.165, 1.54) is 7.11 Å². The van der Waals surface area contributed by atoms with E-state index < -0.39 is 17.6 Å². The van der Waals surface area contributed by atoms with Crippen molar-refractivity contribution < 1.29 is 14.3 Å². The molecule has 4 rings (SSSR count). The van der Waals surface area contributed by atoms with Gasteiger partial charge in [0, 0.05) is 6.20 Å². The second kappa shape index (κ2) is 11.4. The Morgan fingerprint density at radius 1 is 0.794 bits per heavy atom. The maximum absolute atomic E-state index is 12.9. The number of esters is 1. The second-order valence-electron chi connectivity index (χ2n) is 7.90. The summed E-state index contributed by atoms with van der Waals surface area (Å²) in [7, 11) is 1.39. The molecule has 0 aliphatic heterocycles. The maximum Gasteiger partial charge on any atom is 0.325 e. The number of carbonyl (C=O) groups is 1. The number of nitrogens with zero attached hydrogens (tertiary/aromatic N) is 1. The summed E-state index contributed by atoms with van der Waals surface area (Å²) in [6.07, 6.45) is 1.72. The topological polar surface area (TPSA) is 60.5 Å². The summed E-state index contributed by atoms with van der Waals surface area (Å²) in [5, 5.41) is 3.63. The fraction of sp³-hybridized carbons (Fsp3) is 0.172. The number of carbonyl (C=O) groups excluding carboxylic acids is 1. The van der Waals surface area contributed by atoms with Crippen molar-refractivity contribution in [2.24, 2.45) is 0 Å². The minimum Gasteiger partial charge on any atom is -0.468 e. The van der Waals surface area contributed by atoms with Gasteiger partial charge in [0.15, 0.2) is 0 Å². The molecule has 1 unspecified atom stereocenters. The molecule has 0 aliphatic rings. The first kappa shape index (κ1) is 23.4. The highest BCUT2D eigenvalue weighted by molar-refractivity contribution is 5.76. The Hall–Kier alpha value is -3.80. The lowest BCUT2D eigenvalue weighted by atomic mass is 9.76. The van der Waals surface area contributed by atoms with E-state index in [1.807, 2.05) is 72.8 Å². The van der Waals surface area contributed by atoms with Crippen molar-refractivity contribution in [3.05, 3.63) is 138 Å². The van der Waals surface area contributed by atoms with Crippen LogP contribution in [0.5, 0.6) is 0 Å². The van der Waals surface area contributed by atoms with Crippen LogP contribution in [0.4, 0.5) is 0 Å². The number of pyridine rings is 1. The van der Waals surface area contributed by atoms with E-state index in [9.17, 15) is 4.79 Å². The molecule has 1 N–H and O–H groups in total. The van der Waals surface area contributed by atoms with E-state index in [0.29, 0.717) is 6.61 Å². The molecular weight excluding hydrogens is 424 g/mol. The minimum absolute atomic E-state index is 0.123. The summed E-state index contributed by atoms with van der Waals surface area (Å²) in [6.45, 7) is 0.419. The lowest BCUT2D eigenvalue weighted by Gasteiger charge is -2.39. The van der Waals surface area contributed by atoms with Crippen molar-refractivity contribution in [3.63, 3.8) is 0 Å². The molecule has 3 aromatic carbocycles. The monoisotopic (exact) mass is 452 g/mol. The molecule has 0 amide bonds. The van der Waals surface area contributed by atoms with Crippen molar-refractivity contribution in [1.29, 1.82) is 0 Å². The minimum atomic E-state index is -0.809. The van der Waals surface area contributed by atoms with Crippen LogP contribution in [-0.2, 0) is 26.4 Å². The summed E-state index contributed by atoms with van der Waals surface area (Å²) < 4.78 is 11.1. The highest BCUT2D eigenvalue weighted by Crippen LogP contribution is 2.37. The molecule has 0 saturated carbocycles. The van der Waals surface area contributed by atoms with Crippen LogP contribution in [0.25, 0.3) is 0 Å². The Kier molecular flexibility index (Phi) is 7.81. The Morgan fingerprint density at radius 3 is 1.74 bits per heavy atom. The van der Waals surface area contributed by atoms with Gasteiger partial charge in [-0.25, -0.2) is 0 Å². The second-order valence-corrected chi connectivity index (χ2v) is 7.90. The van der Waals surface area contributed by atoms with E-state index in [-0.39, 0.29) is 6.61 Å². The third kappa shape index (κ3) is 5.22. The number of rotatable bonds is 10. The molecule has 0 bridgehead atoms. The maximum atomic E-state index is 12.9. The lowest BCUT2D eigenvalue weighted by molar-refractivity contribution is -0.145. The molecule has 172 valence electrons. The van der Waals surface area contributed by atoms with Crippen LogP contribution in [0.1, 0.15) is 22.4 Å².